The first-order valence-electron chi connectivity index (χ1n) is 4.26. The number of ketones is 2. The van der Waals surface area contributed by atoms with Crippen LogP contribution in [0.5, 0.6) is 0 Å². The van der Waals surface area contributed by atoms with Crippen LogP contribution in [0.15, 0.2) is 24.3 Å². The van der Waals surface area contributed by atoms with Gasteiger partial charge in [0, 0.05) is 11.1 Å². The molecule has 72 valence electrons. The van der Waals surface area contributed by atoms with Gasteiger partial charge in [0.15, 0.2) is 0 Å². The van der Waals surface area contributed by atoms with Crippen LogP contribution in [0.1, 0.15) is 30.5 Å². The van der Waals surface area contributed by atoms with Crippen molar-refractivity contribution >= 4 is 34.6 Å². The van der Waals surface area contributed by atoms with Crippen molar-refractivity contribution in [1.29, 1.82) is 0 Å². The third-order valence-corrected chi connectivity index (χ3v) is 4.16. The number of carbonyl (C=O) groups is 2. The van der Waals surface area contributed by atoms with Gasteiger partial charge in [-0.15, -0.1) is 0 Å². The van der Waals surface area contributed by atoms with Gasteiger partial charge in [-0.2, -0.15) is 0 Å². The van der Waals surface area contributed by atoms with Crippen molar-refractivity contribution in [1.82, 2.24) is 3.76 Å². The molecule has 0 aliphatic heterocycles. The van der Waals surface area contributed by atoms with Gasteiger partial charge in [0.05, 0.1) is 3.76 Å². The predicted molar refractivity (Wildman–Crippen MR) is 57.7 cm³/mol. The molecule has 0 amide bonds. The molecule has 3 nitrogen and oxygen atoms in total. The summed E-state index contributed by atoms with van der Waals surface area (Å²) in [5.41, 5.74) is 0.984. The molecular formula is C10H4NO2S2+. The second-order valence-corrected chi connectivity index (χ2v) is 4.90. The largest absolute Gasteiger partial charge is 0.285 e. The van der Waals surface area contributed by atoms with Crippen LogP contribution in [0.3, 0.4) is 0 Å². The van der Waals surface area contributed by atoms with Gasteiger partial charge in [-0.05, 0) is 0 Å². The fourth-order valence-electron chi connectivity index (χ4n) is 1.59. The molecule has 0 N–H and O–H groups in total. The summed E-state index contributed by atoms with van der Waals surface area (Å²) >= 11 is 2.20. The number of nitrogens with zero attached hydrogens (tertiary/aromatic N) is 1. The first-order chi connectivity index (χ1) is 7.29. The zero-order chi connectivity index (χ0) is 10.4. The number of aromatic nitrogens is 1. The number of hydrogen-bond acceptors (Lipinski definition) is 4. The Kier molecular flexibility index (Phi) is 1.77. The highest BCUT2D eigenvalue weighted by Gasteiger charge is 2.39. The minimum absolute atomic E-state index is 0.0843. The maximum atomic E-state index is 11.9. The lowest BCUT2D eigenvalue weighted by molar-refractivity contribution is 0.0985. The normalized spacial score (nSPS) is 13.6. The molecule has 3 rings (SSSR count). The Hall–Kier alpha value is -1.46. The lowest BCUT2D eigenvalue weighted by Gasteiger charge is -2.07. The Bertz CT molecular complexity index is 539. The summed E-state index contributed by atoms with van der Waals surface area (Å²) < 4.78 is 3.93. The summed E-state index contributed by atoms with van der Waals surface area (Å²) in [5, 5.41) is 0. The lowest BCUT2D eigenvalue weighted by Crippen LogP contribution is -2.17. The van der Waals surface area contributed by atoms with E-state index in [1.807, 2.05) is 0 Å². The fraction of sp³-hybridized carbons (Fsp3) is 0. The molecule has 1 aromatic carbocycles. The SMILES string of the molecule is O=C1c2ccccc2C(=O)c2[s+]nsc21. The standard InChI is InChI=1S/C10H4NO2S2/c12-7-5-3-1-2-4-6(5)8(13)10-9(7)14-11-15-10/h1-4H/q+1. The summed E-state index contributed by atoms with van der Waals surface area (Å²) in [4.78, 5) is 24.8. The minimum atomic E-state index is -0.0843. The van der Waals surface area contributed by atoms with Gasteiger partial charge >= 0.3 is 0 Å². The zero-order valence-corrected chi connectivity index (χ0v) is 9.02. The molecule has 1 aliphatic carbocycles. The van der Waals surface area contributed by atoms with Crippen LogP contribution in [-0.4, -0.2) is 15.3 Å². The van der Waals surface area contributed by atoms with Crippen LogP contribution in [0.4, 0.5) is 0 Å². The molecule has 0 unspecified atom stereocenters. The second-order valence-electron chi connectivity index (χ2n) is 3.12. The van der Waals surface area contributed by atoms with Crippen molar-refractivity contribution < 1.29 is 9.59 Å². The van der Waals surface area contributed by atoms with Gasteiger partial charge in [0.25, 0.3) is 0 Å². The summed E-state index contributed by atoms with van der Waals surface area (Å²) in [6.07, 6.45) is 0. The molecule has 15 heavy (non-hydrogen) atoms. The molecule has 0 saturated carbocycles. The van der Waals surface area contributed by atoms with E-state index in [2.05, 4.69) is 3.76 Å². The first kappa shape index (κ1) is 8.82. The van der Waals surface area contributed by atoms with E-state index in [4.69, 9.17) is 0 Å². The average Bonchev–Trinajstić information content (AvgIpc) is 2.75. The van der Waals surface area contributed by atoms with E-state index < -0.39 is 0 Å². The molecular weight excluding hydrogens is 230 g/mol. The summed E-state index contributed by atoms with van der Waals surface area (Å²) in [6.45, 7) is 0. The Balaban J connectivity index is 2.36. The van der Waals surface area contributed by atoms with E-state index in [-0.39, 0.29) is 11.6 Å². The fourth-order valence-corrected chi connectivity index (χ4v) is 3.29. The Morgan fingerprint density at radius 1 is 1.07 bits per heavy atom. The summed E-state index contributed by atoms with van der Waals surface area (Å²) in [5.74, 6) is -0.169. The van der Waals surface area contributed by atoms with E-state index in [0.717, 1.165) is 23.1 Å². The topological polar surface area (TPSA) is 47.0 Å². The smallest absolute Gasteiger partial charge is 0.248 e. The van der Waals surface area contributed by atoms with E-state index in [0.29, 0.717) is 20.9 Å². The van der Waals surface area contributed by atoms with Crippen LogP contribution in [0.2, 0.25) is 0 Å². The highest BCUT2D eigenvalue weighted by atomic mass is 32.2. The monoisotopic (exact) mass is 234 g/mol. The molecule has 0 saturated heterocycles. The minimum Gasteiger partial charge on any atom is -0.285 e. The highest BCUT2D eigenvalue weighted by Crippen LogP contribution is 2.31. The Morgan fingerprint density at radius 2 is 1.73 bits per heavy atom. The van der Waals surface area contributed by atoms with Crippen LogP contribution in [-0.2, 0) is 0 Å². The first-order valence-corrected chi connectivity index (χ1v) is 5.81. The van der Waals surface area contributed by atoms with Gasteiger partial charge in [0.2, 0.25) is 44.4 Å². The van der Waals surface area contributed by atoms with Crippen LogP contribution >= 0.6 is 23.1 Å². The molecule has 0 bridgehead atoms. The zero-order valence-electron chi connectivity index (χ0n) is 7.39. The van der Waals surface area contributed by atoms with Crippen molar-refractivity contribution in [3.8, 4) is 0 Å². The number of rotatable bonds is 0. The average molecular weight is 234 g/mol. The van der Waals surface area contributed by atoms with Gasteiger partial charge in [-0.25, -0.2) is 0 Å². The number of fused-ring (bicyclic) bond motifs is 2. The quantitative estimate of drug-likeness (QED) is 0.560. The number of carbonyl (C=O) groups excluding carboxylic acids is 2. The van der Waals surface area contributed by atoms with Crippen molar-refractivity contribution in [3.63, 3.8) is 0 Å². The van der Waals surface area contributed by atoms with Crippen LogP contribution in [0, 0.1) is 0 Å². The van der Waals surface area contributed by atoms with Crippen molar-refractivity contribution in [2.24, 2.45) is 0 Å². The van der Waals surface area contributed by atoms with Gasteiger partial charge in [-0.3, -0.25) is 9.59 Å². The van der Waals surface area contributed by atoms with E-state index in [1.165, 1.54) is 0 Å². The third kappa shape index (κ3) is 1.10. The van der Waals surface area contributed by atoms with Crippen molar-refractivity contribution in [3.05, 3.63) is 45.1 Å². The predicted octanol–water partition coefficient (Wildman–Crippen LogP) is 2.26. The molecule has 1 aliphatic rings. The van der Waals surface area contributed by atoms with E-state index >= 15 is 0 Å². The second kappa shape index (κ2) is 3.01. The molecule has 2 aromatic rings. The molecule has 0 atom stereocenters. The van der Waals surface area contributed by atoms with Crippen LogP contribution in [0.25, 0.3) is 0 Å². The van der Waals surface area contributed by atoms with E-state index in [9.17, 15) is 9.59 Å². The van der Waals surface area contributed by atoms with E-state index in [1.54, 1.807) is 24.3 Å². The van der Waals surface area contributed by atoms with Crippen LogP contribution < -0.4 is 0 Å². The lowest BCUT2D eigenvalue weighted by atomic mass is 9.93. The number of benzene rings is 1. The highest BCUT2D eigenvalue weighted by molar-refractivity contribution is 7.24. The Labute approximate surface area is 93.3 Å². The maximum Gasteiger partial charge on any atom is 0.248 e. The molecule has 0 radical (unpaired) electrons. The maximum absolute atomic E-state index is 11.9. The van der Waals surface area contributed by atoms with Gasteiger partial charge in [-0.1, -0.05) is 24.3 Å². The van der Waals surface area contributed by atoms with Gasteiger partial charge in [0.1, 0.15) is 0 Å². The molecule has 1 aromatic heterocycles. The molecule has 1 heterocycles. The molecule has 0 fully saturated rings. The summed E-state index contributed by atoms with van der Waals surface area (Å²) in [6, 6.07) is 6.89. The number of hydrogen-bond donors (Lipinski definition) is 0. The third-order valence-electron chi connectivity index (χ3n) is 2.29. The summed E-state index contributed by atoms with van der Waals surface area (Å²) in [7, 11) is 0. The van der Waals surface area contributed by atoms with Crippen molar-refractivity contribution in [2.45, 2.75) is 0 Å². The molecule has 5 heteroatoms. The molecule has 0 spiro atoms. The van der Waals surface area contributed by atoms with Crippen molar-refractivity contribution in [2.75, 3.05) is 0 Å². The van der Waals surface area contributed by atoms with Gasteiger partial charge < -0.3 is 0 Å². The Morgan fingerprint density at radius 3 is 2.47 bits per heavy atom.